The van der Waals surface area contributed by atoms with Gasteiger partial charge in [0.25, 0.3) is 5.91 Å². The highest BCUT2D eigenvalue weighted by Gasteiger charge is 2.33. The Morgan fingerprint density at radius 2 is 2.00 bits per heavy atom. The molecule has 5 N–H and O–H groups in total. The molecule has 0 heterocycles. The Kier molecular flexibility index (Phi) is 7.30. The van der Waals surface area contributed by atoms with Gasteiger partial charge in [-0.2, -0.15) is 4.39 Å². The molecule has 11 heteroatoms. The summed E-state index contributed by atoms with van der Waals surface area (Å²) >= 11 is 0. The number of nitrogens with zero attached hydrogens (tertiary/aromatic N) is 1. The lowest BCUT2D eigenvalue weighted by Crippen LogP contribution is -2.33. The Bertz CT molecular complexity index is 804. The van der Waals surface area contributed by atoms with Gasteiger partial charge in [-0.25, -0.2) is 4.79 Å². The summed E-state index contributed by atoms with van der Waals surface area (Å²) in [6.45, 7) is 5.38. The van der Waals surface area contributed by atoms with Gasteiger partial charge in [0.1, 0.15) is 12.4 Å². The standard InChI is InChI=1S/C17H23FN4O6/c1-17(2,3)11(6-5-7-28-16(20)24)21-13-10(27-4)8-9(15(19)23)12(18)14(13)22(25)26/h5-6,8,11,21H,7H2,1-4H3,(H2,19,23)(H2,20,24). The van der Waals surface area contributed by atoms with Crippen LogP contribution in [0.15, 0.2) is 18.2 Å². The summed E-state index contributed by atoms with van der Waals surface area (Å²) in [6.07, 6.45) is 2.12. The van der Waals surface area contributed by atoms with Crippen molar-refractivity contribution in [1.29, 1.82) is 0 Å². The quantitative estimate of drug-likeness (QED) is 0.344. The zero-order valence-electron chi connectivity index (χ0n) is 15.9. The number of carbonyl (C=O) groups is 2. The highest BCUT2D eigenvalue weighted by molar-refractivity contribution is 5.96. The Hall–Kier alpha value is -3.37. The normalized spacial score (nSPS) is 12.5. The summed E-state index contributed by atoms with van der Waals surface area (Å²) in [5.41, 5.74) is 7.59. The lowest BCUT2D eigenvalue weighted by atomic mass is 9.86. The van der Waals surface area contributed by atoms with E-state index >= 15 is 0 Å². The topological polar surface area (TPSA) is 160 Å². The van der Waals surface area contributed by atoms with Crippen LogP contribution in [-0.4, -0.2) is 36.7 Å². The van der Waals surface area contributed by atoms with E-state index in [1.54, 1.807) is 6.08 Å². The number of carbonyl (C=O) groups excluding carboxylic acids is 2. The highest BCUT2D eigenvalue weighted by Crippen LogP contribution is 2.40. The van der Waals surface area contributed by atoms with Gasteiger partial charge >= 0.3 is 11.8 Å². The molecular weight excluding hydrogens is 375 g/mol. The Morgan fingerprint density at radius 3 is 2.43 bits per heavy atom. The van der Waals surface area contributed by atoms with Crippen molar-refractivity contribution in [1.82, 2.24) is 0 Å². The minimum absolute atomic E-state index is 0.113. The fraction of sp³-hybridized carbons (Fsp3) is 0.412. The van der Waals surface area contributed by atoms with Crippen molar-refractivity contribution in [3.05, 3.63) is 39.7 Å². The summed E-state index contributed by atoms with van der Waals surface area (Å²) in [4.78, 5) is 32.6. The SMILES string of the molecule is COc1cc(C(N)=O)c(F)c([N+](=O)[O-])c1NC(C=CCOC(N)=O)C(C)(C)C. The molecule has 154 valence electrons. The second kappa shape index (κ2) is 9.02. The maximum Gasteiger partial charge on any atom is 0.404 e. The molecule has 0 spiro atoms. The molecule has 0 radical (unpaired) electrons. The fourth-order valence-corrected chi connectivity index (χ4v) is 2.30. The van der Waals surface area contributed by atoms with E-state index < -0.39 is 45.4 Å². The summed E-state index contributed by atoms with van der Waals surface area (Å²) < 4.78 is 24.3. The first-order chi connectivity index (χ1) is 12.9. The van der Waals surface area contributed by atoms with Gasteiger partial charge in [-0.1, -0.05) is 26.8 Å². The molecule has 1 aromatic carbocycles. The number of nitro benzene ring substituents is 1. The van der Waals surface area contributed by atoms with Crippen molar-refractivity contribution < 1.29 is 28.4 Å². The zero-order valence-corrected chi connectivity index (χ0v) is 15.9. The predicted molar refractivity (Wildman–Crippen MR) is 99.7 cm³/mol. The number of methoxy groups -OCH3 is 1. The summed E-state index contributed by atoms with van der Waals surface area (Å²) in [5.74, 6) is -2.66. The Balaban J connectivity index is 3.45. The molecule has 0 fully saturated rings. The van der Waals surface area contributed by atoms with Gasteiger partial charge in [0.15, 0.2) is 5.69 Å². The van der Waals surface area contributed by atoms with Gasteiger partial charge in [0, 0.05) is 6.04 Å². The largest absolute Gasteiger partial charge is 0.494 e. The van der Waals surface area contributed by atoms with Crippen molar-refractivity contribution >= 4 is 23.4 Å². The predicted octanol–water partition coefficient (Wildman–Crippen LogP) is 2.32. The van der Waals surface area contributed by atoms with Gasteiger partial charge in [-0.05, 0) is 17.6 Å². The number of hydrogen-bond donors (Lipinski definition) is 3. The molecule has 1 atom stereocenters. The molecule has 0 saturated carbocycles. The molecule has 0 aliphatic rings. The molecular formula is C17H23FN4O6. The van der Waals surface area contributed by atoms with Crippen molar-refractivity contribution in [2.24, 2.45) is 16.9 Å². The van der Waals surface area contributed by atoms with Gasteiger partial charge in [-0.15, -0.1) is 0 Å². The van der Waals surface area contributed by atoms with E-state index in [2.05, 4.69) is 10.1 Å². The lowest BCUT2D eigenvalue weighted by molar-refractivity contribution is -0.386. The summed E-state index contributed by atoms with van der Waals surface area (Å²) in [5, 5.41) is 14.3. The van der Waals surface area contributed by atoms with E-state index in [1.807, 2.05) is 20.8 Å². The molecule has 1 aromatic rings. The molecule has 0 bridgehead atoms. The maximum absolute atomic E-state index is 14.6. The number of rotatable bonds is 8. The Morgan fingerprint density at radius 1 is 1.39 bits per heavy atom. The number of nitrogens with two attached hydrogens (primary N) is 2. The molecule has 1 rings (SSSR count). The first-order valence-corrected chi connectivity index (χ1v) is 8.10. The zero-order chi connectivity index (χ0) is 21.6. The van der Waals surface area contributed by atoms with Crippen molar-refractivity contribution in [2.75, 3.05) is 19.0 Å². The number of anilines is 1. The molecule has 1 unspecified atom stereocenters. The number of amides is 2. The lowest BCUT2D eigenvalue weighted by Gasteiger charge is -2.30. The summed E-state index contributed by atoms with van der Waals surface area (Å²) in [6, 6.07) is 0.419. The van der Waals surface area contributed by atoms with Crippen LogP contribution in [0.4, 0.5) is 20.6 Å². The molecule has 0 aliphatic carbocycles. The number of ether oxygens (including phenoxy) is 2. The van der Waals surface area contributed by atoms with E-state index in [0.717, 1.165) is 6.07 Å². The summed E-state index contributed by atoms with van der Waals surface area (Å²) in [7, 11) is 1.22. The van der Waals surface area contributed by atoms with Gasteiger partial charge in [-0.3, -0.25) is 14.9 Å². The number of halogens is 1. The third kappa shape index (κ3) is 5.56. The number of nitro groups is 1. The van der Waals surface area contributed by atoms with Crippen LogP contribution in [0.3, 0.4) is 0 Å². The molecule has 0 aromatic heterocycles. The van der Waals surface area contributed by atoms with Crippen molar-refractivity contribution in [3.8, 4) is 5.75 Å². The fourth-order valence-electron chi connectivity index (χ4n) is 2.30. The first-order valence-electron chi connectivity index (χ1n) is 8.10. The van der Waals surface area contributed by atoms with E-state index in [9.17, 15) is 24.1 Å². The number of benzene rings is 1. The maximum atomic E-state index is 14.6. The Labute approximate surface area is 160 Å². The number of hydrogen-bond acceptors (Lipinski definition) is 7. The van der Waals surface area contributed by atoms with E-state index in [1.165, 1.54) is 13.2 Å². The van der Waals surface area contributed by atoms with Crippen molar-refractivity contribution in [3.63, 3.8) is 0 Å². The highest BCUT2D eigenvalue weighted by atomic mass is 19.1. The monoisotopic (exact) mass is 398 g/mol. The second-order valence-corrected chi connectivity index (χ2v) is 6.83. The van der Waals surface area contributed by atoms with Crippen LogP contribution < -0.4 is 21.5 Å². The van der Waals surface area contributed by atoms with Gasteiger partial charge in [0.2, 0.25) is 5.82 Å². The minimum Gasteiger partial charge on any atom is -0.494 e. The number of primary amides is 2. The van der Waals surface area contributed by atoms with Crippen LogP contribution in [0.5, 0.6) is 5.75 Å². The van der Waals surface area contributed by atoms with Crippen molar-refractivity contribution in [2.45, 2.75) is 26.8 Å². The third-order valence-electron chi connectivity index (χ3n) is 3.75. The van der Waals surface area contributed by atoms with Crippen LogP contribution in [0.2, 0.25) is 0 Å². The van der Waals surface area contributed by atoms with Gasteiger partial charge < -0.3 is 26.3 Å². The average Bonchev–Trinajstić information content (AvgIpc) is 2.55. The van der Waals surface area contributed by atoms with Gasteiger partial charge in [0.05, 0.1) is 17.6 Å². The second-order valence-electron chi connectivity index (χ2n) is 6.83. The van der Waals surface area contributed by atoms with E-state index in [0.29, 0.717) is 0 Å². The van der Waals surface area contributed by atoms with Crippen LogP contribution in [0.25, 0.3) is 0 Å². The molecule has 0 saturated heterocycles. The third-order valence-corrected chi connectivity index (χ3v) is 3.75. The molecule has 10 nitrogen and oxygen atoms in total. The minimum atomic E-state index is -1.37. The van der Waals surface area contributed by atoms with Crippen LogP contribution >= 0.6 is 0 Å². The number of nitrogens with one attached hydrogen (secondary N) is 1. The smallest absolute Gasteiger partial charge is 0.404 e. The molecule has 2 amide bonds. The van der Waals surface area contributed by atoms with Crippen LogP contribution in [0, 0.1) is 21.3 Å². The molecule has 28 heavy (non-hydrogen) atoms. The van der Waals surface area contributed by atoms with Crippen LogP contribution in [-0.2, 0) is 4.74 Å². The van der Waals surface area contributed by atoms with Crippen LogP contribution in [0.1, 0.15) is 31.1 Å². The average molecular weight is 398 g/mol. The first kappa shape index (κ1) is 22.7. The van der Waals surface area contributed by atoms with E-state index in [4.69, 9.17) is 16.2 Å². The van der Waals surface area contributed by atoms with E-state index in [-0.39, 0.29) is 18.0 Å². The molecule has 0 aliphatic heterocycles.